The van der Waals surface area contributed by atoms with Gasteiger partial charge in [-0.25, -0.2) is 0 Å². The van der Waals surface area contributed by atoms with E-state index in [1.165, 1.54) is 4.90 Å². The molecule has 0 aromatic heterocycles. The number of carbonyl (C=O) groups is 4. The minimum Gasteiger partial charge on any atom is -0.497 e. The lowest BCUT2D eigenvalue weighted by molar-refractivity contribution is -0.143. The number of anilines is 2. The van der Waals surface area contributed by atoms with Gasteiger partial charge in [-0.1, -0.05) is 35.9 Å². The number of benzene rings is 3. The number of carbonyl (C=O) groups excluding carboxylic acids is 4. The van der Waals surface area contributed by atoms with Crippen molar-refractivity contribution in [2.75, 3.05) is 23.9 Å². The van der Waals surface area contributed by atoms with Gasteiger partial charge in [-0.3, -0.25) is 24.1 Å². The molecule has 190 valence electrons. The summed E-state index contributed by atoms with van der Waals surface area (Å²) in [5, 5.41) is 3.38. The molecule has 1 aliphatic heterocycles. The Kier molecular flexibility index (Phi) is 7.31. The Morgan fingerprint density at radius 1 is 0.973 bits per heavy atom. The second-order valence-corrected chi connectivity index (χ2v) is 9.52. The van der Waals surface area contributed by atoms with Crippen molar-refractivity contribution in [1.82, 2.24) is 4.90 Å². The topological polar surface area (TPSA) is 96.0 Å². The first kappa shape index (κ1) is 25.9. The summed E-state index contributed by atoms with van der Waals surface area (Å²) in [6.45, 7) is 2.94. The highest BCUT2D eigenvalue weighted by molar-refractivity contribution is 6.52. The zero-order valence-corrected chi connectivity index (χ0v) is 21.4. The summed E-state index contributed by atoms with van der Waals surface area (Å²) in [5.41, 5.74) is 0.571. The zero-order chi connectivity index (χ0) is 26.7. The largest absolute Gasteiger partial charge is 0.497 e. The van der Waals surface area contributed by atoms with E-state index in [4.69, 9.17) is 16.3 Å². The average molecular weight is 520 g/mol. The van der Waals surface area contributed by atoms with Gasteiger partial charge in [0.1, 0.15) is 17.8 Å². The fourth-order valence-electron chi connectivity index (χ4n) is 4.08. The standard InChI is InChI=1S/C28H26ClN3O5/c1-28(2,27(36)30-20-12-14-21(37-3)15-13-20)32(16-18-8-10-19(29)11-9-18)24(33)17-31-23-7-5-4-6-22(23)25(34)26(31)35/h4-15H,16-17H2,1-3H3,(H,30,36). The van der Waals surface area contributed by atoms with Crippen molar-refractivity contribution in [2.45, 2.75) is 25.9 Å². The number of ketones is 1. The number of halogens is 1. The van der Waals surface area contributed by atoms with Gasteiger partial charge in [-0.15, -0.1) is 0 Å². The van der Waals surface area contributed by atoms with E-state index in [1.54, 1.807) is 93.8 Å². The average Bonchev–Trinajstić information content (AvgIpc) is 3.13. The van der Waals surface area contributed by atoms with E-state index in [0.717, 1.165) is 10.5 Å². The maximum absolute atomic E-state index is 13.7. The van der Waals surface area contributed by atoms with Gasteiger partial charge in [-0.05, 0) is 67.9 Å². The summed E-state index contributed by atoms with van der Waals surface area (Å²) in [4.78, 5) is 54.8. The van der Waals surface area contributed by atoms with Crippen LogP contribution in [-0.2, 0) is 20.9 Å². The van der Waals surface area contributed by atoms with E-state index in [1.807, 2.05) is 0 Å². The van der Waals surface area contributed by atoms with Gasteiger partial charge in [0, 0.05) is 17.3 Å². The molecule has 4 rings (SSSR count). The quantitative estimate of drug-likeness (QED) is 0.447. The molecule has 3 amide bonds. The number of rotatable bonds is 8. The van der Waals surface area contributed by atoms with Crippen LogP contribution in [0.1, 0.15) is 29.8 Å². The summed E-state index contributed by atoms with van der Waals surface area (Å²) in [6.07, 6.45) is 0. The maximum Gasteiger partial charge on any atom is 0.299 e. The number of Topliss-reactive ketones (excluding diaryl/α,β-unsaturated/α-hetero) is 1. The predicted octanol–water partition coefficient (Wildman–Crippen LogP) is 4.32. The Morgan fingerprint density at radius 2 is 1.62 bits per heavy atom. The Bertz CT molecular complexity index is 1350. The first-order valence-electron chi connectivity index (χ1n) is 11.6. The van der Waals surface area contributed by atoms with Crippen LogP contribution in [0.2, 0.25) is 5.02 Å². The summed E-state index contributed by atoms with van der Waals surface area (Å²) in [5.74, 6) is -1.72. The Labute approximate surface area is 219 Å². The van der Waals surface area contributed by atoms with Gasteiger partial charge in [-0.2, -0.15) is 0 Å². The predicted molar refractivity (Wildman–Crippen MR) is 141 cm³/mol. The van der Waals surface area contributed by atoms with Gasteiger partial charge < -0.3 is 15.0 Å². The van der Waals surface area contributed by atoms with E-state index >= 15 is 0 Å². The van der Waals surface area contributed by atoms with Crippen LogP contribution in [0.25, 0.3) is 0 Å². The third-order valence-corrected chi connectivity index (χ3v) is 6.56. The van der Waals surface area contributed by atoms with E-state index in [9.17, 15) is 19.2 Å². The Hall–Kier alpha value is -4.17. The molecule has 1 N–H and O–H groups in total. The molecule has 0 aliphatic carbocycles. The number of nitrogens with zero attached hydrogens (tertiary/aromatic N) is 2. The highest BCUT2D eigenvalue weighted by Gasteiger charge is 2.42. The van der Waals surface area contributed by atoms with Crippen LogP contribution in [0.3, 0.4) is 0 Å². The number of hydrogen-bond donors (Lipinski definition) is 1. The number of methoxy groups -OCH3 is 1. The van der Waals surface area contributed by atoms with Crippen LogP contribution in [0.4, 0.5) is 11.4 Å². The fourth-order valence-corrected chi connectivity index (χ4v) is 4.20. The van der Waals surface area contributed by atoms with Crippen LogP contribution in [0.15, 0.2) is 72.8 Å². The second kappa shape index (κ2) is 10.4. The lowest BCUT2D eigenvalue weighted by Gasteiger charge is -2.38. The molecule has 0 radical (unpaired) electrons. The van der Waals surface area contributed by atoms with Crippen molar-refractivity contribution >= 4 is 46.5 Å². The number of hydrogen-bond acceptors (Lipinski definition) is 5. The molecule has 1 aliphatic rings. The molecule has 3 aromatic rings. The minimum atomic E-state index is -1.33. The van der Waals surface area contributed by atoms with Crippen LogP contribution >= 0.6 is 11.6 Å². The van der Waals surface area contributed by atoms with Crippen molar-refractivity contribution < 1.29 is 23.9 Å². The summed E-state index contributed by atoms with van der Waals surface area (Å²) < 4.78 is 5.16. The lowest BCUT2D eigenvalue weighted by Crippen LogP contribution is -2.57. The molecule has 0 atom stereocenters. The smallest absolute Gasteiger partial charge is 0.299 e. The van der Waals surface area contributed by atoms with E-state index in [-0.39, 0.29) is 12.1 Å². The van der Waals surface area contributed by atoms with Crippen molar-refractivity contribution in [3.8, 4) is 5.75 Å². The van der Waals surface area contributed by atoms with E-state index < -0.39 is 35.6 Å². The van der Waals surface area contributed by atoms with Crippen LogP contribution < -0.4 is 15.0 Å². The molecule has 1 heterocycles. The monoisotopic (exact) mass is 519 g/mol. The fraction of sp³-hybridized carbons (Fsp3) is 0.214. The van der Waals surface area contributed by atoms with Crippen molar-refractivity contribution in [3.63, 3.8) is 0 Å². The summed E-state index contributed by atoms with van der Waals surface area (Å²) in [6, 6.07) is 20.3. The normalized spacial score (nSPS) is 12.8. The molecule has 0 unspecified atom stereocenters. The Balaban J connectivity index is 1.62. The SMILES string of the molecule is COc1ccc(NC(=O)C(C)(C)N(Cc2ccc(Cl)cc2)C(=O)CN2C(=O)C(=O)c3ccccc32)cc1. The molecule has 0 saturated heterocycles. The molecule has 3 aromatic carbocycles. The van der Waals surface area contributed by atoms with Gasteiger partial charge in [0.05, 0.1) is 18.4 Å². The first-order valence-corrected chi connectivity index (χ1v) is 11.9. The van der Waals surface area contributed by atoms with Crippen molar-refractivity contribution in [3.05, 3.63) is 88.9 Å². The highest BCUT2D eigenvalue weighted by Crippen LogP contribution is 2.30. The number of para-hydroxylation sites is 1. The van der Waals surface area contributed by atoms with Gasteiger partial charge in [0.25, 0.3) is 11.7 Å². The number of ether oxygens (including phenoxy) is 1. The second-order valence-electron chi connectivity index (χ2n) is 9.09. The van der Waals surface area contributed by atoms with Gasteiger partial charge >= 0.3 is 0 Å². The van der Waals surface area contributed by atoms with E-state index in [2.05, 4.69) is 5.32 Å². The molecule has 37 heavy (non-hydrogen) atoms. The maximum atomic E-state index is 13.7. The van der Waals surface area contributed by atoms with Crippen molar-refractivity contribution in [1.29, 1.82) is 0 Å². The van der Waals surface area contributed by atoms with Gasteiger partial charge in [0.15, 0.2) is 0 Å². The lowest BCUT2D eigenvalue weighted by atomic mass is 9.99. The van der Waals surface area contributed by atoms with Crippen LogP contribution in [-0.4, -0.2) is 47.6 Å². The molecular formula is C28H26ClN3O5. The van der Waals surface area contributed by atoms with Crippen LogP contribution in [0.5, 0.6) is 5.75 Å². The highest BCUT2D eigenvalue weighted by atomic mass is 35.5. The van der Waals surface area contributed by atoms with Crippen molar-refractivity contribution in [2.24, 2.45) is 0 Å². The number of amides is 3. The minimum absolute atomic E-state index is 0.0800. The first-order chi connectivity index (χ1) is 17.6. The van der Waals surface area contributed by atoms with Crippen LogP contribution in [0, 0.1) is 0 Å². The molecule has 0 saturated carbocycles. The van der Waals surface area contributed by atoms with Gasteiger partial charge in [0.2, 0.25) is 11.8 Å². The molecular weight excluding hydrogens is 494 g/mol. The Morgan fingerprint density at radius 3 is 2.27 bits per heavy atom. The number of fused-ring (bicyclic) bond motifs is 1. The number of nitrogens with one attached hydrogen (secondary N) is 1. The summed E-state index contributed by atoms with van der Waals surface area (Å²) >= 11 is 6.02. The third-order valence-electron chi connectivity index (χ3n) is 6.31. The summed E-state index contributed by atoms with van der Waals surface area (Å²) in [7, 11) is 1.55. The molecule has 0 fully saturated rings. The molecule has 8 nitrogen and oxygen atoms in total. The van der Waals surface area contributed by atoms with E-state index in [0.29, 0.717) is 22.1 Å². The molecule has 9 heteroatoms. The third kappa shape index (κ3) is 5.34. The molecule has 0 bridgehead atoms. The zero-order valence-electron chi connectivity index (χ0n) is 20.7. The molecule has 0 spiro atoms.